The fourth-order valence-corrected chi connectivity index (χ4v) is 2.49. The summed E-state index contributed by atoms with van der Waals surface area (Å²) in [4.78, 5) is 29.1. The monoisotopic (exact) mass is 236 g/mol. The predicted octanol–water partition coefficient (Wildman–Crippen LogP) is 1.01. The van der Waals surface area contributed by atoms with Gasteiger partial charge in [-0.15, -0.1) is 0 Å². The summed E-state index contributed by atoms with van der Waals surface area (Å²) in [6.45, 7) is 3.64. The van der Waals surface area contributed by atoms with Crippen molar-refractivity contribution in [2.45, 2.75) is 44.9 Å². The van der Waals surface area contributed by atoms with Crippen LogP contribution in [0.1, 0.15) is 43.6 Å². The number of fused-ring (bicyclic) bond motifs is 1. The van der Waals surface area contributed by atoms with E-state index in [1.54, 1.807) is 0 Å². The number of carboxylic acid groups (broad SMARTS) is 1. The quantitative estimate of drug-likeness (QED) is 0.820. The number of carboxylic acids is 1. The van der Waals surface area contributed by atoms with Crippen molar-refractivity contribution in [1.82, 2.24) is 9.97 Å². The molecule has 0 bridgehead atoms. The van der Waals surface area contributed by atoms with E-state index in [9.17, 15) is 9.59 Å². The Morgan fingerprint density at radius 2 is 2.18 bits per heavy atom. The number of hydrogen-bond acceptors (Lipinski definition) is 3. The lowest BCUT2D eigenvalue weighted by molar-refractivity contribution is -0.138. The number of rotatable bonds is 3. The molecule has 92 valence electrons. The van der Waals surface area contributed by atoms with Crippen LogP contribution in [0.25, 0.3) is 0 Å². The number of carbonyl (C=O) groups is 1. The Balaban J connectivity index is 2.52. The molecule has 0 aromatic carbocycles. The van der Waals surface area contributed by atoms with Crippen molar-refractivity contribution in [3.63, 3.8) is 0 Å². The van der Waals surface area contributed by atoms with E-state index < -0.39 is 11.4 Å². The standard InChI is InChI=1S/C12H16N2O3/c1-12(2,6-9(15)16)10-7-4-3-5-8(7)13-11(17)14-10/h3-6H2,1-2H3,(H,15,16)(H,13,14,17). The topological polar surface area (TPSA) is 83.0 Å². The molecule has 0 saturated heterocycles. The van der Waals surface area contributed by atoms with Crippen molar-refractivity contribution in [2.75, 3.05) is 0 Å². The first-order valence-corrected chi connectivity index (χ1v) is 5.74. The van der Waals surface area contributed by atoms with E-state index in [0.29, 0.717) is 5.69 Å². The summed E-state index contributed by atoms with van der Waals surface area (Å²) in [5.74, 6) is -0.871. The highest BCUT2D eigenvalue weighted by atomic mass is 16.4. The van der Waals surface area contributed by atoms with E-state index in [4.69, 9.17) is 5.11 Å². The Labute approximate surface area is 98.9 Å². The van der Waals surface area contributed by atoms with Crippen LogP contribution in [0.15, 0.2) is 4.79 Å². The van der Waals surface area contributed by atoms with Gasteiger partial charge in [-0.2, -0.15) is 4.98 Å². The first-order chi connectivity index (χ1) is 7.90. The number of aryl methyl sites for hydroxylation is 1. The lowest BCUT2D eigenvalue weighted by atomic mass is 9.82. The van der Waals surface area contributed by atoms with Crippen LogP contribution in [0.5, 0.6) is 0 Å². The third-order valence-corrected chi connectivity index (χ3v) is 3.21. The lowest BCUT2D eigenvalue weighted by Gasteiger charge is -2.24. The molecule has 1 aliphatic rings. The second kappa shape index (κ2) is 3.98. The maximum absolute atomic E-state index is 11.5. The number of nitrogens with one attached hydrogen (secondary N) is 1. The van der Waals surface area contributed by atoms with Crippen molar-refractivity contribution < 1.29 is 9.90 Å². The van der Waals surface area contributed by atoms with Crippen LogP contribution in [0.4, 0.5) is 0 Å². The first-order valence-electron chi connectivity index (χ1n) is 5.74. The van der Waals surface area contributed by atoms with Gasteiger partial charge in [0.05, 0.1) is 12.1 Å². The lowest BCUT2D eigenvalue weighted by Crippen LogP contribution is -2.29. The maximum Gasteiger partial charge on any atom is 0.345 e. The van der Waals surface area contributed by atoms with Crippen molar-refractivity contribution in [3.8, 4) is 0 Å². The summed E-state index contributed by atoms with van der Waals surface area (Å²) in [5.41, 5.74) is 1.64. The van der Waals surface area contributed by atoms with Crippen LogP contribution < -0.4 is 5.69 Å². The minimum Gasteiger partial charge on any atom is -0.481 e. The zero-order valence-electron chi connectivity index (χ0n) is 10.0. The van der Waals surface area contributed by atoms with E-state index in [2.05, 4.69) is 9.97 Å². The Hall–Kier alpha value is -1.65. The summed E-state index contributed by atoms with van der Waals surface area (Å²) in [5, 5.41) is 8.91. The smallest absolute Gasteiger partial charge is 0.345 e. The number of aromatic amines is 1. The first kappa shape index (κ1) is 11.8. The van der Waals surface area contributed by atoms with Crippen LogP contribution >= 0.6 is 0 Å². The molecule has 0 radical (unpaired) electrons. The third-order valence-electron chi connectivity index (χ3n) is 3.21. The van der Waals surface area contributed by atoms with Crippen LogP contribution in [0.2, 0.25) is 0 Å². The SMILES string of the molecule is CC(C)(CC(=O)O)c1nc(=O)[nH]c2c1CCC2. The molecule has 0 atom stereocenters. The number of aliphatic carboxylic acids is 1. The summed E-state index contributed by atoms with van der Waals surface area (Å²) < 4.78 is 0. The summed E-state index contributed by atoms with van der Waals surface area (Å²) >= 11 is 0. The maximum atomic E-state index is 11.5. The van der Waals surface area contributed by atoms with Crippen molar-refractivity contribution in [2.24, 2.45) is 0 Å². The molecule has 0 saturated carbocycles. The van der Waals surface area contributed by atoms with Gasteiger partial charge >= 0.3 is 11.7 Å². The third kappa shape index (κ3) is 2.23. The average Bonchev–Trinajstić information content (AvgIpc) is 2.61. The zero-order valence-corrected chi connectivity index (χ0v) is 10.0. The van der Waals surface area contributed by atoms with E-state index in [1.165, 1.54) is 0 Å². The molecule has 2 N–H and O–H groups in total. The number of H-pyrrole nitrogens is 1. The van der Waals surface area contributed by atoms with E-state index >= 15 is 0 Å². The van der Waals surface area contributed by atoms with Gasteiger partial charge in [-0.3, -0.25) is 4.79 Å². The molecule has 1 heterocycles. The molecule has 1 aliphatic carbocycles. The van der Waals surface area contributed by atoms with Crippen LogP contribution in [-0.2, 0) is 23.1 Å². The Morgan fingerprint density at radius 1 is 1.47 bits per heavy atom. The molecule has 1 aromatic heterocycles. The number of nitrogens with zero attached hydrogens (tertiary/aromatic N) is 1. The van der Waals surface area contributed by atoms with Gasteiger partial charge in [0.25, 0.3) is 0 Å². The minimum absolute atomic E-state index is 0.0180. The minimum atomic E-state index is -0.871. The van der Waals surface area contributed by atoms with Crippen molar-refractivity contribution >= 4 is 5.97 Å². The van der Waals surface area contributed by atoms with Gasteiger partial charge in [0, 0.05) is 11.1 Å². The molecule has 2 rings (SSSR count). The molecule has 1 aromatic rings. The second-order valence-corrected chi connectivity index (χ2v) is 5.16. The van der Waals surface area contributed by atoms with Gasteiger partial charge in [0.1, 0.15) is 0 Å². The van der Waals surface area contributed by atoms with E-state index in [0.717, 1.165) is 30.5 Å². The Bertz CT molecular complexity index is 517. The van der Waals surface area contributed by atoms with Gasteiger partial charge in [0.2, 0.25) is 0 Å². The highest BCUT2D eigenvalue weighted by Gasteiger charge is 2.31. The van der Waals surface area contributed by atoms with Gasteiger partial charge in [0.15, 0.2) is 0 Å². The fourth-order valence-electron chi connectivity index (χ4n) is 2.49. The highest BCUT2D eigenvalue weighted by molar-refractivity contribution is 5.68. The molecule has 0 spiro atoms. The van der Waals surface area contributed by atoms with Crippen LogP contribution in [0, 0.1) is 0 Å². The molecule has 0 amide bonds. The normalized spacial score (nSPS) is 14.7. The fraction of sp³-hybridized carbons (Fsp3) is 0.583. The largest absolute Gasteiger partial charge is 0.481 e. The van der Waals surface area contributed by atoms with Gasteiger partial charge in [-0.25, -0.2) is 4.79 Å². The molecule has 0 unspecified atom stereocenters. The summed E-state index contributed by atoms with van der Waals surface area (Å²) in [6, 6.07) is 0. The second-order valence-electron chi connectivity index (χ2n) is 5.16. The van der Waals surface area contributed by atoms with Gasteiger partial charge < -0.3 is 10.1 Å². The molecule has 0 fully saturated rings. The molecular weight excluding hydrogens is 220 g/mol. The van der Waals surface area contributed by atoms with Gasteiger partial charge in [-0.1, -0.05) is 13.8 Å². The average molecular weight is 236 g/mol. The van der Waals surface area contributed by atoms with Crippen molar-refractivity contribution in [3.05, 3.63) is 27.4 Å². The Morgan fingerprint density at radius 3 is 2.82 bits per heavy atom. The molecule has 0 aliphatic heterocycles. The number of hydrogen-bond donors (Lipinski definition) is 2. The van der Waals surface area contributed by atoms with E-state index in [1.807, 2.05) is 13.8 Å². The molecule has 5 nitrogen and oxygen atoms in total. The molecule has 5 heteroatoms. The molecule has 17 heavy (non-hydrogen) atoms. The summed E-state index contributed by atoms with van der Waals surface area (Å²) in [7, 11) is 0. The molecular formula is C12H16N2O3. The van der Waals surface area contributed by atoms with Crippen LogP contribution in [-0.4, -0.2) is 21.0 Å². The van der Waals surface area contributed by atoms with Crippen molar-refractivity contribution in [1.29, 1.82) is 0 Å². The predicted molar refractivity (Wildman–Crippen MR) is 62.2 cm³/mol. The van der Waals surface area contributed by atoms with Gasteiger partial charge in [-0.05, 0) is 24.8 Å². The Kier molecular flexibility index (Phi) is 2.77. The summed E-state index contributed by atoms with van der Waals surface area (Å²) in [6.07, 6.45) is 2.70. The number of aromatic nitrogens is 2. The van der Waals surface area contributed by atoms with Crippen LogP contribution in [0.3, 0.4) is 0 Å². The van der Waals surface area contributed by atoms with E-state index in [-0.39, 0.29) is 12.1 Å². The zero-order chi connectivity index (χ0) is 12.6. The highest BCUT2D eigenvalue weighted by Crippen LogP contribution is 2.32.